The number of nitrogens with zero attached hydrogens (tertiary/aromatic N) is 3. The Labute approximate surface area is 191 Å². The molecule has 3 heterocycles. The number of para-hydroxylation sites is 1. The van der Waals surface area contributed by atoms with Crippen molar-refractivity contribution in [3.05, 3.63) is 106 Å². The summed E-state index contributed by atoms with van der Waals surface area (Å²) >= 11 is 0. The third-order valence-corrected chi connectivity index (χ3v) is 6.06. The molecule has 1 N–H and O–H groups in total. The highest BCUT2D eigenvalue weighted by atomic mass is 16.5. The number of fused-ring (bicyclic) bond motifs is 5. The Balaban J connectivity index is 1.76. The minimum atomic E-state index is -0.572. The number of carbonyl (C=O) groups excluding carboxylic acids is 1. The van der Waals surface area contributed by atoms with E-state index in [0.717, 1.165) is 29.7 Å². The Kier molecular flexibility index (Phi) is 5.60. The smallest absolute Gasteiger partial charge is 0.277 e. The van der Waals surface area contributed by atoms with Gasteiger partial charge < -0.3 is 14.7 Å². The number of benzene rings is 2. The molecule has 0 aliphatic carbocycles. The van der Waals surface area contributed by atoms with E-state index in [0.29, 0.717) is 19.8 Å². The molecule has 2 aliphatic heterocycles. The first-order valence-corrected chi connectivity index (χ1v) is 11.1. The number of hydrogen-bond acceptors (Lipinski definition) is 5. The molecule has 0 fully saturated rings. The second kappa shape index (κ2) is 8.86. The van der Waals surface area contributed by atoms with E-state index in [-0.39, 0.29) is 17.6 Å². The lowest BCUT2D eigenvalue weighted by Crippen LogP contribution is -2.55. The minimum Gasteiger partial charge on any atom is -0.502 e. The topological polar surface area (TPSA) is 75.0 Å². The molecular formula is C26H25N3O4. The first kappa shape index (κ1) is 20.9. The molecule has 3 aromatic rings. The van der Waals surface area contributed by atoms with Crippen LogP contribution in [0.2, 0.25) is 0 Å². The van der Waals surface area contributed by atoms with Gasteiger partial charge in [0.05, 0.1) is 0 Å². The fraction of sp³-hybridized carbons (Fsp3) is 0.231. The van der Waals surface area contributed by atoms with Crippen molar-refractivity contribution in [2.45, 2.75) is 18.9 Å². The Hall–Kier alpha value is -4.00. The van der Waals surface area contributed by atoms with Crippen LogP contribution in [0.3, 0.4) is 0 Å². The second-order valence-corrected chi connectivity index (χ2v) is 8.15. The van der Waals surface area contributed by atoms with E-state index in [4.69, 9.17) is 4.74 Å². The number of ether oxygens (including phenoxy) is 1. The highest BCUT2D eigenvalue weighted by molar-refractivity contribution is 5.96. The summed E-state index contributed by atoms with van der Waals surface area (Å²) in [4.78, 5) is 27.3. The number of allylic oxidation sites excluding steroid dienone is 1. The van der Waals surface area contributed by atoms with E-state index in [1.807, 2.05) is 65.7 Å². The molecule has 33 heavy (non-hydrogen) atoms. The molecule has 2 bridgehead atoms. The molecule has 0 saturated carbocycles. The first-order chi connectivity index (χ1) is 16.1. The minimum absolute atomic E-state index is 0.0153. The van der Waals surface area contributed by atoms with Gasteiger partial charge in [0, 0.05) is 24.4 Å². The van der Waals surface area contributed by atoms with Crippen molar-refractivity contribution < 1.29 is 14.6 Å². The summed E-state index contributed by atoms with van der Waals surface area (Å²) < 4.78 is 7.75. The Morgan fingerprint density at radius 1 is 0.939 bits per heavy atom. The maximum atomic E-state index is 13.3. The van der Waals surface area contributed by atoms with Gasteiger partial charge in [-0.25, -0.2) is 0 Å². The fourth-order valence-corrected chi connectivity index (χ4v) is 4.47. The zero-order chi connectivity index (χ0) is 22.8. The molecule has 0 radical (unpaired) electrons. The van der Waals surface area contributed by atoms with Crippen LogP contribution in [-0.2, 0) is 0 Å². The Bertz CT molecular complexity index is 1250. The lowest BCUT2D eigenvalue weighted by molar-refractivity contribution is 0.0678. The standard InChI is InChI=1S/C26H25N3O4/c30-21-14-16-28-24(25(21)31)26(32)27-15-8-1-2-9-17-33-22-13-7-6-12-20(22)23(29(28)18-27)19-10-4-3-5-11-19/h2-7,9-14,16,23,31H,1,8,15,17-18H2/b9-2+/t23-/m0/s1. The average molecular weight is 444 g/mol. The van der Waals surface area contributed by atoms with Crippen molar-refractivity contribution in [2.75, 3.05) is 24.8 Å². The van der Waals surface area contributed by atoms with E-state index in [9.17, 15) is 14.7 Å². The van der Waals surface area contributed by atoms with Crippen LogP contribution in [-0.4, -0.2) is 40.4 Å². The van der Waals surface area contributed by atoms with Gasteiger partial charge in [-0.05, 0) is 24.5 Å². The summed E-state index contributed by atoms with van der Waals surface area (Å²) in [7, 11) is 0. The van der Waals surface area contributed by atoms with Gasteiger partial charge in [-0.3, -0.25) is 19.3 Å². The van der Waals surface area contributed by atoms with Crippen molar-refractivity contribution in [2.24, 2.45) is 0 Å². The summed E-state index contributed by atoms with van der Waals surface area (Å²) in [5.74, 6) is -0.139. The number of aromatic nitrogens is 1. The maximum absolute atomic E-state index is 13.3. The van der Waals surface area contributed by atoms with Gasteiger partial charge in [-0.1, -0.05) is 60.7 Å². The van der Waals surface area contributed by atoms with E-state index in [1.54, 1.807) is 15.8 Å². The summed E-state index contributed by atoms with van der Waals surface area (Å²) in [6.45, 7) is 1.25. The van der Waals surface area contributed by atoms with Crippen LogP contribution in [0.15, 0.2) is 83.8 Å². The third-order valence-electron chi connectivity index (χ3n) is 6.06. The van der Waals surface area contributed by atoms with E-state index in [2.05, 4.69) is 6.08 Å². The molecular weight excluding hydrogens is 418 g/mol. The average Bonchev–Trinajstić information content (AvgIpc) is 2.85. The van der Waals surface area contributed by atoms with Crippen LogP contribution in [0.1, 0.15) is 40.5 Å². The molecule has 2 aliphatic rings. The van der Waals surface area contributed by atoms with Gasteiger partial charge in [0.2, 0.25) is 5.43 Å². The summed E-state index contributed by atoms with van der Waals surface area (Å²) in [6, 6.07) is 18.8. The zero-order valence-electron chi connectivity index (χ0n) is 18.1. The molecule has 1 aromatic heterocycles. The monoisotopic (exact) mass is 443 g/mol. The largest absolute Gasteiger partial charge is 0.502 e. The predicted octanol–water partition coefficient (Wildman–Crippen LogP) is 3.42. The number of pyridine rings is 1. The number of hydrogen-bond donors (Lipinski definition) is 1. The molecule has 1 atom stereocenters. The van der Waals surface area contributed by atoms with Crippen LogP contribution >= 0.6 is 0 Å². The number of aromatic hydroxyl groups is 1. The van der Waals surface area contributed by atoms with Crippen LogP contribution < -0.4 is 15.2 Å². The SMILES string of the molecule is O=C1c2c(O)c(=O)ccn2N2CN1CCC/C=C/COc1ccccc1[C@@H]2c1ccccc1. The summed E-state index contributed by atoms with van der Waals surface area (Å²) in [5.41, 5.74) is 1.34. The second-order valence-electron chi connectivity index (χ2n) is 8.15. The normalized spacial score (nSPS) is 19.3. The molecule has 5 rings (SSSR count). The van der Waals surface area contributed by atoms with Gasteiger partial charge in [0.15, 0.2) is 11.4 Å². The lowest BCUT2D eigenvalue weighted by Gasteiger charge is -2.44. The molecule has 0 saturated heterocycles. The quantitative estimate of drug-likeness (QED) is 0.584. The van der Waals surface area contributed by atoms with Crippen LogP contribution in [0, 0.1) is 0 Å². The van der Waals surface area contributed by atoms with Gasteiger partial charge >= 0.3 is 0 Å². The van der Waals surface area contributed by atoms with Crippen LogP contribution in [0.25, 0.3) is 0 Å². The molecule has 7 heteroatoms. The van der Waals surface area contributed by atoms with Crippen molar-refractivity contribution >= 4 is 5.91 Å². The zero-order valence-corrected chi connectivity index (χ0v) is 18.1. The molecule has 2 aromatic carbocycles. The van der Waals surface area contributed by atoms with E-state index >= 15 is 0 Å². The van der Waals surface area contributed by atoms with E-state index < -0.39 is 11.2 Å². The Morgan fingerprint density at radius 3 is 2.58 bits per heavy atom. The maximum Gasteiger partial charge on any atom is 0.277 e. The lowest BCUT2D eigenvalue weighted by atomic mass is 9.97. The summed E-state index contributed by atoms with van der Waals surface area (Å²) in [6.07, 6.45) is 7.17. The van der Waals surface area contributed by atoms with Crippen molar-refractivity contribution in [1.82, 2.24) is 9.58 Å². The van der Waals surface area contributed by atoms with Crippen molar-refractivity contribution in [3.63, 3.8) is 0 Å². The number of amides is 1. The molecule has 7 nitrogen and oxygen atoms in total. The van der Waals surface area contributed by atoms with Crippen molar-refractivity contribution in [3.8, 4) is 11.5 Å². The van der Waals surface area contributed by atoms with Gasteiger partial charge in [0.1, 0.15) is 25.1 Å². The van der Waals surface area contributed by atoms with Crippen molar-refractivity contribution in [1.29, 1.82) is 0 Å². The third kappa shape index (κ3) is 3.86. The highest BCUT2D eigenvalue weighted by Crippen LogP contribution is 2.36. The number of rotatable bonds is 1. The van der Waals surface area contributed by atoms with Gasteiger partial charge in [-0.2, -0.15) is 0 Å². The van der Waals surface area contributed by atoms with E-state index in [1.165, 1.54) is 6.07 Å². The molecule has 0 unspecified atom stereocenters. The fourth-order valence-electron chi connectivity index (χ4n) is 4.47. The van der Waals surface area contributed by atoms with Gasteiger partial charge in [0.25, 0.3) is 5.91 Å². The summed E-state index contributed by atoms with van der Waals surface area (Å²) in [5, 5.41) is 12.6. The highest BCUT2D eigenvalue weighted by Gasteiger charge is 2.37. The van der Waals surface area contributed by atoms with Gasteiger partial charge in [-0.15, -0.1) is 0 Å². The molecule has 0 spiro atoms. The predicted molar refractivity (Wildman–Crippen MR) is 125 cm³/mol. The van der Waals surface area contributed by atoms with Crippen LogP contribution in [0.4, 0.5) is 0 Å². The Morgan fingerprint density at radius 2 is 1.73 bits per heavy atom. The molecule has 1 amide bonds. The molecule has 168 valence electrons. The number of carbonyl (C=O) groups is 1. The first-order valence-electron chi connectivity index (χ1n) is 11.1. The van der Waals surface area contributed by atoms with Crippen LogP contribution in [0.5, 0.6) is 11.5 Å².